The van der Waals surface area contributed by atoms with Crippen molar-refractivity contribution in [1.82, 2.24) is 4.90 Å². The van der Waals surface area contributed by atoms with E-state index in [1.807, 2.05) is 18.2 Å². The Kier molecular flexibility index (Phi) is 6.27. The maximum Gasteiger partial charge on any atom is 0.241 e. The number of likely N-dealkylation sites (tertiary alicyclic amines) is 1. The third kappa shape index (κ3) is 4.77. The highest BCUT2D eigenvalue weighted by molar-refractivity contribution is 5.90. The summed E-state index contributed by atoms with van der Waals surface area (Å²) < 4.78 is 11.3. The largest absolute Gasteiger partial charge is 0.493 e. The number of hydrogen-bond acceptors (Lipinski definition) is 4. The molecule has 1 fully saturated rings. The number of ether oxygens (including phenoxy) is 2. The number of primary amides is 1. The minimum Gasteiger partial charge on any atom is -0.493 e. The third-order valence-corrected chi connectivity index (χ3v) is 3.76. The average Bonchev–Trinajstić information content (AvgIpc) is 2.54. The molecule has 1 aliphatic rings. The van der Waals surface area contributed by atoms with Crippen LogP contribution in [-0.4, -0.2) is 44.2 Å². The van der Waals surface area contributed by atoms with E-state index >= 15 is 0 Å². The highest BCUT2D eigenvalue weighted by Gasteiger charge is 2.12. The minimum absolute atomic E-state index is 0.484. The van der Waals surface area contributed by atoms with E-state index in [-0.39, 0.29) is 0 Å². The lowest BCUT2D eigenvalue weighted by Crippen LogP contribution is -2.33. The summed E-state index contributed by atoms with van der Waals surface area (Å²) in [6, 6.07) is 5.58. The van der Waals surface area contributed by atoms with Crippen LogP contribution in [0.2, 0.25) is 0 Å². The number of hydrogen-bond donors (Lipinski definition) is 1. The molecule has 1 aromatic rings. The van der Waals surface area contributed by atoms with Gasteiger partial charge in [-0.2, -0.15) is 0 Å². The number of piperidine rings is 1. The van der Waals surface area contributed by atoms with Crippen LogP contribution in [0.25, 0.3) is 6.08 Å². The quantitative estimate of drug-likeness (QED) is 0.783. The maximum atomic E-state index is 10.9. The molecule has 0 aliphatic carbocycles. The Morgan fingerprint density at radius 2 is 2.09 bits per heavy atom. The van der Waals surface area contributed by atoms with Crippen molar-refractivity contribution in [3.8, 4) is 11.5 Å². The lowest BCUT2D eigenvalue weighted by atomic mass is 10.1. The van der Waals surface area contributed by atoms with Crippen LogP contribution in [0.1, 0.15) is 24.8 Å². The summed E-state index contributed by atoms with van der Waals surface area (Å²) in [5.74, 6) is 0.826. The zero-order valence-electron chi connectivity index (χ0n) is 13.1. The lowest BCUT2D eigenvalue weighted by molar-refractivity contribution is -0.113. The molecule has 1 heterocycles. The van der Waals surface area contributed by atoms with Crippen molar-refractivity contribution in [2.24, 2.45) is 5.73 Å². The van der Waals surface area contributed by atoms with Crippen molar-refractivity contribution in [1.29, 1.82) is 0 Å². The van der Waals surface area contributed by atoms with E-state index in [1.165, 1.54) is 25.3 Å². The van der Waals surface area contributed by atoms with Crippen molar-refractivity contribution < 1.29 is 14.3 Å². The van der Waals surface area contributed by atoms with Gasteiger partial charge in [-0.1, -0.05) is 18.6 Å². The Morgan fingerprint density at radius 3 is 2.77 bits per heavy atom. The van der Waals surface area contributed by atoms with Crippen molar-refractivity contribution >= 4 is 12.0 Å². The van der Waals surface area contributed by atoms with E-state index in [9.17, 15) is 4.79 Å². The van der Waals surface area contributed by atoms with Crippen LogP contribution in [-0.2, 0) is 4.79 Å². The zero-order chi connectivity index (χ0) is 15.8. The first-order chi connectivity index (χ1) is 10.7. The molecule has 0 saturated carbocycles. The van der Waals surface area contributed by atoms with Crippen molar-refractivity contribution in [3.05, 3.63) is 29.8 Å². The number of carbonyl (C=O) groups excluding carboxylic acids is 1. The molecule has 0 bridgehead atoms. The number of amides is 1. The Bertz CT molecular complexity index is 523. The predicted molar refractivity (Wildman–Crippen MR) is 87.0 cm³/mol. The van der Waals surface area contributed by atoms with Crippen LogP contribution in [0.5, 0.6) is 11.5 Å². The van der Waals surface area contributed by atoms with E-state index in [1.54, 1.807) is 13.2 Å². The molecule has 0 radical (unpaired) electrons. The zero-order valence-corrected chi connectivity index (χ0v) is 13.1. The molecule has 5 nitrogen and oxygen atoms in total. The third-order valence-electron chi connectivity index (χ3n) is 3.76. The molecule has 1 aliphatic heterocycles. The number of carbonyl (C=O) groups is 1. The van der Waals surface area contributed by atoms with Crippen LogP contribution in [0, 0.1) is 0 Å². The summed E-state index contributed by atoms with van der Waals surface area (Å²) in [4.78, 5) is 13.3. The van der Waals surface area contributed by atoms with Crippen LogP contribution in [0.15, 0.2) is 24.3 Å². The number of nitrogens with two attached hydrogens (primary N) is 1. The first-order valence-corrected chi connectivity index (χ1v) is 7.70. The fourth-order valence-electron chi connectivity index (χ4n) is 2.61. The molecular formula is C17H24N2O3. The number of methoxy groups -OCH3 is 1. The number of para-hydroxylation sites is 1. The normalized spacial score (nSPS) is 15.9. The van der Waals surface area contributed by atoms with Crippen LogP contribution in [0.3, 0.4) is 0 Å². The molecule has 0 spiro atoms. The van der Waals surface area contributed by atoms with E-state index in [4.69, 9.17) is 15.2 Å². The van der Waals surface area contributed by atoms with E-state index in [0.29, 0.717) is 18.1 Å². The van der Waals surface area contributed by atoms with Crippen LogP contribution < -0.4 is 15.2 Å². The molecule has 5 heteroatoms. The summed E-state index contributed by atoms with van der Waals surface area (Å²) in [5.41, 5.74) is 5.94. The molecule has 0 atom stereocenters. The molecule has 1 saturated heterocycles. The van der Waals surface area contributed by atoms with Crippen LogP contribution >= 0.6 is 0 Å². The van der Waals surface area contributed by atoms with Crippen molar-refractivity contribution in [2.45, 2.75) is 19.3 Å². The molecule has 0 aromatic heterocycles. The molecule has 1 amide bonds. The molecule has 1 aromatic carbocycles. The van der Waals surface area contributed by atoms with Gasteiger partial charge in [-0.25, -0.2) is 0 Å². The summed E-state index contributed by atoms with van der Waals surface area (Å²) >= 11 is 0. The Hall–Kier alpha value is -2.01. The van der Waals surface area contributed by atoms with Gasteiger partial charge in [0.05, 0.1) is 7.11 Å². The van der Waals surface area contributed by atoms with Gasteiger partial charge in [0.15, 0.2) is 11.5 Å². The van der Waals surface area contributed by atoms with E-state index < -0.39 is 5.91 Å². The first-order valence-electron chi connectivity index (χ1n) is 7.70. The van der Waals surface area contributed by atoms with Gasteiger partial charge in [0, 0.05) is 18.2 Å². The molecule has 120 valence electrons. The summed E-state index contributed by atoms with van der Waals surface area (Å²) in [7, 11) is 1.61. The van der Waals surface area contributed by atoms with E-state index in [2.05, 4.69) is 4.90 Å². The van der Waals surface area contributed by atoms with Crippen molar-refractivity contribution in [2.75, 3.05) is 33.4 Å². The summed E-state index contributed by atoms with van der Waals surface area (Å²) in [6.07, 6.45) is 6.84. The highest BCUT2D eigenvalue weighted by atomic mass is 16.5. The molecule has 2 N–H and O–H groups in total. The summed E-state index contributed by atoms with van der Waals surface area (Å²) in [6.45, 7) is 3.78. The standard InChI is InChI=1S/C17H24N2O3/c1-21-15-7-5-6-14(8-9-16(18)20)17(15)22-13-12-19-10-3-2-4-11-19/h5-9H,2-4,10-13H2,1H3,(H2,18,20)/b9-8-. The summed E-state index contributed by atoms with van der Waals surface area (Å²) in [5, 5.41) is 0. The average molecular weight is 304 g/mol. The minimum atomic E-state index is -0.484. The van der Waals surface area contributed by atoms with Gasteiger partial charge in [0.2, 0.25) is 5.91 Å². The van der Waals surface area contributed by atoms with Crippen LogP contribution in [0.4, 0.5) is 0 Å². The number of nitrogens with zero attached hydrogens (tertiary/aromatic N) is 1. The predicted octanol–water partition coefficient (Wildman–Crippen LogP) is 2.06. The van der Waals surface area contributed by atoms with Gasteiger partial charge in [-0.3, -0.25) is 9.69 Å². The van der Waals surface area contributed by atoms with Crippen molar-refractivity contribution in [3.63, 3.8) is 0 Å². The Labute approximate surface area is 131 Å². The Morgan fingerprint density at radius 1 is 1.32 bits per heavy atom. The van der Waals surface area contributed by atoms with Gasteiger partial charge in [-0.15, -0.1) is 0 Å². The number of benzene rings is 1. The second-order valence-corrected chi connectivity index (χ2v) is 5.37. The monoisotopic (exact) mass is 304 g/mol. The van der Waals surface area contributed by atoms with Gasteiger partial charge in [0.25, 0.3) is 0 Å². The Balaban J connectivity index is 2.01. The van der Waals surface area contributed by atoms with Gasteiger partial charge >= 0.3 is 0 Å². The second-order valence-electron chi connectivity index (χ2n) is 5.37. The maximum absolute atomic E-state index is 10.9. The lowest BCUT2D eigenvalue weighted by Gasteiger charge is -2.26. The molecule has 22 heavy (non-hydrogen) atoms. The van der Waals surface area contributed by atoms with Gasteiger partial charge in [-0.05, 0) is 38.1 Å². The number of rotatable bonds is 7. The topological polar surface area (TPSA) is 64.8 Å². The molecule has 2 rings (SSSR count). The molecule has 0 unspecified atom stereocenters. The first kappa shape index (κ1) is 16.4. The molecular weight excluding hydrogens is 280 g/mol. The SMILES string of the molecule is COc1cccc(/C=C\C(N)=O)c1OCCN1CCCCC1. The van der Waals surface area contributed by atoms with Gasteiger partial charge < -0.3 is 15.2 Å². The van der Waals surface area contributed by atoms with E-state index in [0.717, 1.165) is 25.2 Å². The van der Waals surface area contributed by atoms with Gasteiger partial charge in [0.1, 0.15) is 6.61 Å². The fourth-order valence-corrected chi connectivity index (χ4v) is 2.61. The smallest absolute Gasteiger partial charge is 0.241 e. The highest BCUT2D eigenvalue weighted by Crippen LogP contribution is 2.32. The second kappa shape index (κ2) is 8.44. The fraction of sp³-hybridized carbons (Fsp3) is 0.471.